The van der Waals surface area contributed by atoms with Gasteiger partial charge in [-0.15, -0.1) is 0 Å². The number of halogens is 3. The van der Waals surface area contributed by atoms with Crippen molar-refractivity contribution in [3.63, 3.8) is 0 Å². The molecule has 3 nitrogen and oxygen atoms in total. The number of aromatic nitrogens is 1. The molecular formula is C12H15F3N2O. The number of alkyl halides is 3. The molecule has 2 heterocycles. The molecule has 1 saturated heterocycles. The highest BCUT2D eigenvalue weighted by molar-refractivity contribution is 5.49. The van der Waals surface area contributed by atoms with E-state index in [1.807, 2.05) is 0 Å². The molecule has 0 aliphatic carbocycles. The van der Waals surface area contributed by atoms with Crippen molar-refractivity contribution in [1.82, 2.24) is 4.98 Å². The van der Waals surface area contributed by atoms with Gasteiger partial charge >= 0.3 is 6.18 Å². The lowest BCUT2D eigenvalue weighted by Gasteiger charge is -2.21. The zero-order valence-electron chi connectivity index (χ0n) is 9.82. The Labute approximate surface area is 103 Å². The van der Waals surface area contributed by atoms with E-state index in [9.17, 15) is 13.2 Å². The maximum atomic E-state index is 12.8. The first-order valence-corrected chi connectivity index (χ1v) is 5.90. The average Bonchev–Trinajstić information content (AvgIpc) is 2.77. The number of pyridine rings is 1. The lowest BCUT2D eigenvalue weighted by Crippen LogP contribution is -2.24. The maximum Gasteiger partial charge on any atom is 0.419 e. The van der Waals surface area contributed by atoms with Gasteiger partial charge in [-0.1, -0.05) is 0 Å². The number of anilines is 1. The summed E-state index contributed by atoms with van der Waals surface area (Å²) in [6.07, 6.45) is -1.57. The largest absolute Gasteiger partial charge is 0.419 e. The molecule has 0 bridgehead atoms. The summed E-state index contributed by atoms with van der Waals surface area (Å²) in [6.45, 7) is 1.16. The Hall–Kier alpha value is -1.30. The molecule has 1 aliphatic rings. The normalized spacial score (nSPS) is 20.4. The fourth-order valence-corrected chi connectivity index (χ4v) is 2.31. The first kappa shape index (κ1) is 13.1. The zero-order chi connectivity index (χ0) is 13.2. The molecule has 6 heteroatoms. The number of nitrogens with zero attached hydrogens (tertiary/aromatic N) is 2. The Morgan fingerprint density at radius 3 is 2.89 bits per heavy atom. The first-order valence-electron chi connectivity index (χ1n) is 5.90. The van der Waals surface area contributed by atoms with Gasteiger partial charge < -0.3 is 10.0 Å². The molecule has 2 rings (SSSR count). The van der Waals surface area contributed by atoms with E-state index < -0.39 is 11.7 Å². The summed E-state index contributed by atoms with van der Waals surface area (Å²) in [4.78, 5) is 5.52. The monoisotopic (exact) mass is 260 g/mol. The van der Waals surface area contributed by atoms with Crippen LogP contribution in [0.5, 0.6) is 0 Å². The molecular weight excluding hydrogens is 245 g/mol. The minimum atomic E-state index is -4.38. The van der Waals surface area contributed by atoms with Crippen LogP contribution in [0.4, 0.5) is 19.0 Å². The van der Waals surface area contributed by atoms with Gasteiger partial charge in [0.15, 0.2) is 0 Å². The van der Waals surface area contributed by atoms with Crippen molar-refractivity contribution in [2.45, 2.75) is 19.0 Å². The van der Waals surface area contributed by atoms with Crippen molar-refractivity contribution in [3.8, 4) is 0 Å². The molecule has 1 fully saturated rings. The van der Waals surface area contributed by atoms with Gasteiger partial charge in [0.25, 0.3) is 0 Å². The maximum absolute atomic E-state index is 12.8. The molecule has 1 N–H and O–H groups in total. The summed E-state index contributed by atoms with van der Waals surface area (Å²) in [5.74, 6) is 0.253. The Kier molecular flexibility index (Phi) is 3.75. The summed E-state index contributed by atoms with van der Waals surface area (Å²) < 4.78 is 38.5. The molecule has 0 amide bonds. The third-order valence-corrected chi connectivity index (χ3v) is 3.21. The lowest BCUT2D eigenvalue weighted by molar-refractivity contribution is -0.137. The molecule has 100 valence electrons. The predicted molar refractivity (Wildman–Crippen MR) is 61.3 cm³/mol. The Balaban J connectivity index is 2.19. The number of hydrogen-bond donors (Lipinski definition) is 1. The summed E-state index contributed by atoms with van der Waals surface area (Å²) in [7, 11) is 0. The van der Waals surface area contributed by atoms with Crippen molar-refractivity contribution in [2.24, 2.45) is 5.92 Å². The number of aliphatic hydroxyl groups is 1. The lowest BCUT2D eigenvalue weighted by atomic mass is 10.1. The molecule has 1 aromatic heterocycles. The van der Waals surface area contributed by atoms with Gasteiger partial charge in [-0.05, 0) is 30.9 Å². The fourth-order valence-electron chi connectivity index (χ4n) is 2.31. The van der Waals surface area contributed by atoms with E-state index in [0.29, 0.717) is 19.5 Å². The second-order valence-corrected chi connectivity index (χ2v) is 4.49. The van der Waals surface area contributed by atoms with E-state index in [4.69, 9.17) is 5.11 Å². The van der Waals surface area contributed by atoms with Gasteiger partial charge in [0, 0.05) is 25.9 Å². The number of rotatable bonds is 3. The summed E-state index contributed by atoms with van der Waals surface area (Å²) in [6, 6.07) is 2.36. The number of hydrogen-bond acceptors (Lipinski definition) is 3. The topological polar surface area (TPSA) is 36.4 Å². The van der Waals surface area contributed by atoms with Crippen LogP contribution in [0, 0.1) is 5.92 Å². The highest BCUT2D eigenvalue weighted by Crippen LogP contribution is 2.36. The Morgan fingerprint density at radius 1 is 1.44 bits per heavy atom. The minimum absolute atomic E-state index is 0.00504. The van der Waals surface area contributed by atoms with E-state index in [0.717, 1.165) is 12.5 Å². The smallest absolute Gasteiger partial charge is 0.396 e. The van der Waals surface area contributed by atoms with Crippen LogP contribution >= 0.6 is 0 Å². The Bertz CT molecular complexity index is 409. The van der Waals surface area contributed by atoms with Crippen LogP contribution in [0.3, 0.4) is 0 Å². The molecule has 1 atom stereocenters. The van der Waals surface area contributed by atoms with Crippen LogP contribution in [0.2, 0.25) is 0 Å². The molecule has 0 radical (unpaired) electrons. The Morgan fingerprint density at radius 2 is 2.22 bits per heavy atom. The average molecular weight is 260 g/mol. The minimum Gasteiger partial charge on any atom is -0.396 e. The molecule has 18 heavy (non-hydrogen) atoms. The van der Waals surface area contributed by atoms with Gasteiger partial charge in [-0.3, -0.25) is 0 Å². The summed E-state index contributed by atoms with van der Waals surface area (Å²) in [5, 5.41) is 8.85. The standard InChI is InChI=1S/C12H15F3N2O/c13-12(14,15)10-2-1-5-16-11(10)17-6-3-9(8-17)4-7-18/h1-2,5,9,18H,3-4,6-8H2. The molecule has 1 aliphatic heterocycles. The van der Waals surface area contributed by atoms with Crippen LogP contribution in [-0.4, -0.2) is 29.8 Å². The number of aliphatic hydroxyl groups excluding tert-OH is 1. The van der Waals surface area contributed by atoms with E-state index in [1.54, 1.807) is 4.90 Å². The van der Waals surface area contributed by atoms with Gasteiger partial charge in [0.1, 0.15) is 5.82 Å². The quantitative estimate of drug-likeness (QED) is 0.906. The molecule has 1 unspecified atom stereocenters. The van der Waals surface area contributed by atoms with Crippen LogP contribution in [-0.2, 0) is 6.18 Å². The van der Waals surface area contributed by atoms with Crippen LogP contribution < -0.4 is 4.90 Å². The zero-order valence-corrected chi connectivity index (χ0v) is 9.82. The molecule has 0 saturated carbocycles. The van der Waals surface area contributed by atoms with Gasteiger partial charge in [-0.2, -0.15) is 13.2 Å². The molecule has 1 aromatic rings. The van der Waals surface area contributed by atoms with Crippen LogP contribution in [0.25, 0.3) is 0 Å². The van der Waals surface area contributed by atoms with Crippen molar-refractivity contribution in [3.05, 3.63) is 23.9 Å². The van der Waals surface area contributed by atoms with Crippen LogP contribution in [0.1, 0.15) is 18.4 Å². The highest BCUT2D eigenvalue weighted by atomic mass is 19.4. The predicted octanol–water partition coefficient (Wildman–Crippen LogP) is 2.31. The third kappa shape index (κ3) is 2.75. The molecule has 0 aromatic carbocycles. The van der Waals surface area contributed by atoms with E-state index in [2.05, 4.69) is 4.98 Å². The van der Waals surface area contributed by atoms with Gasteiger partial charge in [0.05, 0.1) is 5.56 Å². The summed E-state index contributed by atoms with van der Waals surface area (Å²) >= 11 is 0. The fraction of sp³-hybridized carbons (Fsp3) is 0.583. The van der Waals surface area contributed by atoms with E-state index in [-0.39, 0.29) is 18.3 Å². The molecule has 0 spiro atoms. The van der Waals surface area contributed by atoms with Gasteiger partial charge in [0.2, 0.25) is 0 Å². The van der Waals surface area contributed by atoms with Crippen molar-refractivity contribution >= 4 is 5.82 Å². The third-order valence-electron chi connectivity index (χ3n) is 3.21. The van der Waals surface area contributed by atoms with Crippen molar-refractivity contribution in [1.29, 1.82) is 0 Å². The van der Waals surface area contributed by atoms with E-state index in [1.165, 1.54) is 12.3 Å². The van der Waals surface area contributed by atoms with E-state index >= 15 is 0 Å². The van der Waals surface area contributed by atoms with Gasteiger partial charge in [-0.25, -0.2) is 4.98 Å². The summed E-state index contributed by atoms with van der Waals surface area (Å²) in [5.41, 5.74) is -0.686. The van der Waals surface area contributed by atoms with Crippen molar-refractivity contribution < 1.29 is 18.3 Å². The van der Waals surface area contributed by atoms with Crippen LogP contribution in [0.15, 0.2) is 18.3 Å². The highest BCUT2D eigenvalue weighted by Gasteiger charge is 2.37. The van der Waals surface area contributed by atoms with Crippen molar-refractivity contribution in [2.75, 3.05) is 24.6 Å². The second-order valence-electron chi connectivity index (χ2n) is 4.49. The first-order chi connectivity index (χ1) is 8.52. The second kappa shape index (κ2) is 5.14. The SMILES string of the molecule is OCCC1CCN(c2ncccc2C(F)(F)F)C1.